The van der Waals surface area contributed by atoms with Crippen LogP contribution in [0.2, 0.25) is 5.02 Å². The molecule has 1 amide bonds. The number of fused-ring (bicyclic) bond motifs is 1. The number of alkyl halides is 3. The number of nitrogens with one attached hydrogen (secondary N) is 1. The lowest BCUT2D eigenvalue weighted by Gasteiger charge is -2.43. The molecule has 0 radical (unpaired) electrons. The molecule has 1 N–H and O–H groups in total. The molecule has 0 aromatic heterocycles. The highest BCUT2D eigenvalue weighted by Gasteiger charge is 2.32. The summed E-state index contributed by atoms with van der Waals surface area (Å²) < 4.78 is 38.6. The van der Waals surface area contributed by atoms with Gasteiger partial charge in [0.2, 0.25) is 0 Å². The molecule has 1 aliphatic rings. The monoisotopic (exact) mass is 463 g/mol. The fourth-order valence-corrected chi connectivity index (χ4v) is 4.11. The number of halogens is 4. The number of amides is 1. The Kier molecular flexibility index (Phi) is 6.69. The summed E-state index contributed by atoms with van der Waals surface area (Å²) in [7, 11) is 0. The molecule has 0 atom stereocenters. The van der Waals surface area contributed by atoms with Crippen LogP contribution < -0.4 is 10.3 Å². The first-order valence-corrected chi connectivity index (χ1v) is 10.6. The van der Waals surface area contributed by atoms with E-state index in [-0.39, 0.29) is 11.1 Å². The number of hydrogen-bond donors (Lipinski definition) is 1. The van der Waals surface area contributed by atoms with Gasteiger partial charge in [-0.3, -0.25) is 4.79 Å². The Morgan fingerprint density at radius 3 is 2.62 bits per heavy atom. The topological polar surface area (TPSA) is 44.7 Å². The van der Waals surface area contributed by atoms with Gasteiger partial charge >= 0.3 is 6.18 Å². The maximum atomic E-state index is 12.9. The standard InChI is InChI=1S/C24H25ClF3N3O/c1-5-9-31-21-12-20(25)17(11-19(21)15(2)13-23(31,3)4)14-29-30-22(32)16-7-6-8-18(10-16)24(26,27)28/h6-8,10-14H,5,9H2,1-4H3,(H,30,32)/b29-14-. The minimum absolute atomic E-state index is 0.135. The Hall–Kier alpha value is -2.80. The zero-order valence-electron chi connectivity index (χ0n) is 18.3. The maximum absolute atomic E-state index is 12.9. The Bertz CT molecular complexity index is 1090. The number of benzene rings is 2. The summed E-state index contributed by atoms with van der Waals surface area (Å²) in [6.07, 6.45) is 0.0561. The molecule has 3 rings (SSSR count). The summed E-state index contributed by atoms with van der Waals surface area (Å²) in [6.45, 7) is 9.34. The summed E-state index contributed by atoms with van der Waals surface area (Å²) in [5.41, 5.74) is 4.85. The van der Waals surface area contributed by atoms with E-state index in [2.05, 4.69) is 42.3 Å². The average Bonchev–Trinajstić information content (AvgIpc) is 2.71. The van der Waals surface area contributed by atoms with Crippen molar-refractivity contribution in [2.75, 3.05) is 11.4 Å². The van der Waals surface area contributed by atoms with Crippen molar-refractivity contribution in [2.24, 2.45) is 5.10 Å². The second kappa shape index (κ2) is 8.98. The molecule has 2 aromatic carbocycles. The van der Waals surface area contributed by atoms with Crippen LogP contribution in [0.15, 0.2) is 47.6 Å². The molecule has 8 heteroatoms. The van der Waals surface area contributed by atoms with Crippen LogP contribution in [0.5, 0.6) is 0 Å². The number of hydrogen-bond acceptors (Lipinski definition) is 3. The van der Waals surface area contributed by atoms with Crippen molar-refractivity contribution in [3.05, 3.63) is 69.8 Å². The average molecular weight is 464 g/mol. The first kappa shape index (κ1) is 23.9. The molecule has 0 aliphatic carbocycles. The highest BCUT2D eigenvalue weighted by atomic mass is 35.5. The largest absolute Gasteiger partial charge is 0.416 e. The third-order valence-corrected chi connectivity index (χ3v) is 5.69. The van der Waals surface area contributed by atoms with Crippen molar-refractivity contribution < 1.29 is 18.0 Å². The van der Waals surface area contributed by atoms with Gasteiger partial charge in [-0.2, -0.15) is 18.3 Å². The van der Waals surface area contributed by atoms with Crippen LogP contribution in [-0.4, -0.2) is 24.2 Å². The number of carbonyl (C=O) groups excluding carboxylic acids is 1. The fourth-order valence-electron chi connectivity index (χ4n) is 3.91. The van der Waals surface area contributed by atoms with E-state index in [0.29, 0.717) is 10.6 Å². The van der Waals surface area contributed by atoms with Gasteiger partial charge in [-0.1, -0.05) is 30.7 Å². The van der Waals surface area contributed by atoms with Gasteiger partial charge in [0.05, 0.1) is 22.3 Å². The van der Waals surface area contributed by atoms with Crippen molar-refractivity contribution in [3.8, 4) is 0 Å². The third kappa shape index (κ3) is 4.99. The van der Waals surface area contributed by atoms with Gasteiger partial charge in [-0.15, -0.1) is 0 Å². The van der Waals surface area contributed by atoms with Crippen LogP contribution in [0, 0.1) is 0 Å². The van der Waals surface area contributed by atoms with Gasteiger partial charge in [-0.05, 0) is 63.1 Å². The van der Waals surface area contributed by atoms with E-state index in [0.717, 1.165) is 41.9 Å². The highest BCUT2D eigenvalue weighted by molar-refractivity contribution is 6.33. The van der Waals surface area contributed by atoms with E-state index in [1.54, 1.807) is 0 Å². The number of carbonyl (C=O) groups is 1. The molecule has 0 fully saturated rings. The van der Waals surface area contributed by atoms with Gasteiger partial charge in [-0.25, -0.2) is 5.43 Å². The van der Waals surface area contributed by atoms with Crippen LogP contribution in [0.1, 0.15) is 61.2 Å². The molecule has 0 saturated heterocycles. The minimum atomic E-state index is -4.53. The molecule has 4 nitrogen and oxygen atoms in total. The molecular formula is C24H25ClF3N3O. The van der Waals surface area contributed by atoms with Crippen LogP contribution in [0.3, 0.4) is 0 Å². The van der Waals surface area contributed by atoms with E-state index in [1.165, 1.54) is 18.3 Å². The highest BCUT2D eigenvalue weighted by Crippen LogP contribution is 2.41. The van der Waals surface area contributed by atoms with Crippen molar-refractivity contribution in [1.82, 2.24) is 5.43 Å². The molecule has 0 unspecified atom stereocenters. The minimum Gasteiger partial charge on any atom is -0.362 e. The first-order valence-electron chi connectivity index (χ1n) is 10.3. The molecular weight excluding hydrogens is 439 g/mol. The molecule has 0 saturated carbocycles. The van der Waals surface area contributed by atoms with Crippen molar-refractivity contribution in [3.63, 3.8) is 0 Å². The van der Waals surface area contributed by atoms with Crippen LogP contribution >= 0.6 is 11.6 Å². The second-order valence-electron chi connectivity index (χ2n) is 8.30. The zero-order chi connectivity index (χ0) is 23.7. The summed E-state index contributed by atoms with van der Waals surface area (Å²) >= 11 is 6.50. The first-order chi connectivity index (χ1) is 14.9. The van der Waals surface area contributed by atoms with E-state index < -0.39 is 17.6 Å². The SMILES string of the molecule is CCCN1c2cc(Cl)c(/C=N\NC(=O)c3cccc(C(F)(F)F)c3)cc2C(C)=CC1(C)C. The van der Waals surface area contributed by atoms with Crippen LogP contribution in [0.4, 0.5) is 18.9 Å². The second-order valence-corrected chi connectivity index (χ2v) is 8.71. The summed E-state index contributed by atoms with van der Waals surface area (Å²) in [4.78, 5) is 14.5. The summed E-state index contributed by atoms with van der Waals surface area (Å²) in [6, 6.07) is 7.97. The molecule has 1 aliphatic heterocycles. The van der Waals surface area contributed by atoms with Gasteiger partial charge in [0.15, 0.2) is 0 Å². The zero-order valence-corrected chi connectivity index (χ0v) is 19.1. The van der Waals surface area contributed by atoms with E-state index in [1.807, 2.05) is 19.1 Å². The number of anilines is 1. The maximum Gasteiger partial charge on any atom is 0.416 e. The number of allylic oxidation sites excluding steroid dienone is 1. The quantitative estimate of drug-likeness (QED) is 0.404. The summed E-state index contributed by atoms with van der Waals surface area (Å²) in [5, 5.41) is 4.37. The molecule has 0 spiro atoms. The molecule has 0 bridgehead atoms. The molecule has 170 valence electrons. The molecule has 1 heterocycles. The lowest BCUT2D eigenvalue weighted by Crippen LogP contribution is -2.45. The van der Waals surface area contributed by atoms with Crippen molar-refractivity contribution >= 4 is 35.0 Å². The van der Waals surface area contributed by atoms with Gasteiger partial charge < -0.3 is 4.90 Å². The Morgan fingerprint density at radius 1 is 1.25 bits per heavy atom. The lowest BCUT2D eigenvalue weighted by molar-refractivity contribution is -0.137. The van der Waals surface area contributed by atoms with Crippen LogP contribution in [0.25, 0.3) is 5.57 Å². The Balaban J connectivity index is 1.83. The summed E-state index contributed by atoms with van der Waals surface area (Å²) in [5.74, 6) is -0.742. The predicted octanol–water partition coefficient (Wildman–Crippen LogP) is 6.53. The van der Waals surface area contributed by atoms with E-state index >= 15 is 0 Å². The lowest BCUT2D eigenvalue weighted by atomic mass is 9.88. The van der Waals surface area contributed by atoms with E-state index in [9.17, 15) is 18.0 Å². The van der Waals surface area contributed by atoms with Gasteiger partial charge in [0.1, 0.15) is 0 Å². The van der Waals surface area contributed by atoms with Crippen molar-refractivity contribution in [1.29, 1.82) is 0 Å². The number of rotatable bonds is 5. The van der Waals surface area contributed by atoms with Gasteiger partial charge in [0, 0.05) is 28.9 Å². The van der Waals surface area contributed by atoms with E-state index in [4.69, 9.17) is 11.6 Å². The normalized spacial score (nSPS) is 15.5. The van der Waals surface area contributed by atoms with Crippen LogP contribution in [-0.2, 0) is 6.18 Å². The number of nitrogens with zero attached hydrogens (tertiary/aromatic N) is 2. The van der Waals surface area contributed by atoms with Gasteiger partial charge in [0.25, 0.3) is 5.91 Å². The predicted molar refractivity (Wildman–Crippen MR) is 123 cm³/mol. The Labute approximate surface area is 190 Å². The Morgan fingerprint density at radius 2 is 1.97 bits per heavy atom. The fraction of sp³-hybridized carbons (Fsp3) is 0.333. The molecule has 32 heavy (non-hydrogen) atoms. The van der Waals surface area contributed by atoms with Crippen molar-refractivity contribution in [2.45, 2.75) is 45.8 Å². The smallest absolute Gasteiger partial charge is 0.362 e. The third-order valence-electron chi connectivity index (χ3n) is 5.37. The molecule has 2 aromatic rings. The number of hydrazone groups is 1.